The van der Waals surface area contributed by atoms with Crippen LogP contribution in [0.2, 0.25) is 5.02 Å². The Balaban J connectivity index is 1.45. The second-order valence-electron chi connectivity index (χ2n) is 9.15. The molecule has 0 aliphatic heterocycles. The molecule has 0 spiro atoms. The summed E-state index contributed by atoms with van der Waals surface area (Å²) in [6.45, 7) is 2.11. The molecule has 1 aliphatic rings. The lowest BCUT2D eigenvalue weighted by Gasteiger charge is -2.45. The van der Waals surface area contributed by atoms with E-state index in [0.29, 0.717) is 10.7 Å². The Morgan fingerprint density at radius 1 is 1.00 bits per heavy atom. The van der Waals surface area contributed by atoms with Crippen LogP contribution >= 0.6 is 11.6 Å². The van der Waals surface area contributed by atoms with Gasteiger partial charge in [0.25, 0.3) is 0 Å². The minimum atomic E-state index is -0.207. The number of hydrogen-bond donors (Lipinski definition) is 2. The van der Waals surface area contributed by atoms with Crippen molar-refractivity contribution < 1.29 is 9.59 Å². The van der Waals surface area contributed by atoms with Crippen LogP contribution in [-0.2, 0) is 16.0 Å². The monoisotopic (exact) mass is 455 g/mol. The molecule has 0 radical (unpaired) electrons. The molecular weight excluding hydrogens is 422 g/mol. The Bertz CT molecular complexity index is 919. The Morgan fingerprint density at radius 2 is 1.62 bits per heavy atom. The summed E-state index contributed by atoms with van der Waals surface area (Å²) in [4.78, 5) is 26.9. The Kier molecular flexibility index (Phi) is 8.32. The van der Waals surface area contributed by atoms with Crippen molar-refractivity contribution in [3.05, 3.63) is 64.7 Å². The number of carbonyl (C=O) groups is 2. The smallest absolute Gasteiger partial charge is 0.224 e. The summed E-state index contributed by atoms with van der Waals surface area (Å²) in [7, 11) is 4.31. The molecule has 2 aromatic carbocycles. The number of anilines is 1. The summed E-state index contributed by atoms with van der Waals surface area (Å²) in [5.41, 5.74) is 3.32. The first kappa shape index (κ1) is 24.3. The van der Waals surface area contributed by atoms with E-state index in [1.165, 1.54) is 11.1 Å². The highest BCUT2D eigenvalue weighted by molar-refractivity contribution is 6.33. The first-order chi connectivity index (χ1) is 15.3. The number of hydrogen-bond acceptors (Lipinski definition) is 3. The SMILES string of the molecule is Cc1ccc(CC2(N(C)C)CCC(NC(=O)CCC(=O)Nc3ccccc3Cl)CC2)cc1. The van der Waals surface area contributed by atoms with Gasteiger partial charge in [0.15, 0.2) is 0 Å². The zero-order valence-electron chi connectivity index (χ0n) is 19.3. The summed E-state index contributed by atoms with van der Waals surface area (Å²) in [6, 6.07) is 16.0. The van der Waals surface area contributed by atoms with Crippen molar-refractivity contribution in [1.82, 2.24) is 10.2 Å². The maximum absolute atomic E-state index is 12.4. The number of halogens is 1. The van der Waals surface area contributed by atoms with E-state index in [1.54, 1.807) is 18.2 Å². The van der Waals surface area contributed by atoms with Crippen LogP contribution in [0, 0.1) is 6.92 Å². The molecule has 1 fully saturated rings. The molecule has 172 valence electrons. The van der Waals surface area contributed by atoms with Gasteiger partial charge in [-0.1, -0.05) is 53.6 Å². The second kappa shape index (κ2) is 11.0. The molecule has 1 aliphatic carbocycles. The highest BCUT2D eigenvalue weighted by atomic mass is 35.5. The minimum Gasteiger partial charge on any atom is -0.353 e. The van der Waals surface area contributed by atoms with E-state index in [0.717, 1.165) is 32.1 Å². The third-order valence-electron chi connectivity index (χ3n) is 6.61. The number of nitrogens with zero attached hydrogens (tertiary/aromatic N) is 1. The maximum atomic E-state index is 12.4. The van der Waals surface area contributed by atoms with Crippen molar-refractivity contribution in [2.45, 2.75) is 63.5 Å². The molecule has 0 unspecified atom stereocenters. The molecule has 0 heterocycles. The Labute approximate surface area is 196 Å². The third-order valence-corrected chi connectivity index (χ3v) is 6.94. The Hall–Kier alpha value is -2.37. The predicted molar refractivity (Wildman–Crippen MR) is 131 cm³/mol. The van der Waals surface area contributed by atoms with Crippen LogP contribution in [0.15, 0.2) is 48.5 Å². The fourth-order valence-electron chi connectivity index (χ4n) is 4.47. The van der Waals surface area contributed by atoms with Gasteiger partial charge in [-0.3, -0.25) is 9.59 Å². The average Bonchev–Trinajstić information content (AvgIpc) is 2.77. The molecule has 0 saturated heterocycles. The molecule has 3 rings (SSSR count). The van der Waals surface area contributed by atoms with Crippen LogP contribution in [0.25, 0.3) is 0 Å². The molecule has 1 saturated carbocycles. The average molecular weight is 456 g/mol. The minimum absolute atomic E-state index is 0.0693. The van der Waals surface area contributed by atoms with Crippen LogP contribution in [0.3, 0.4) is 0 Å². The normalized spacial score (nSPS) is 20.7. The van der Waals surface area contributed by atoms with Gasteiger partial charge in [0, 0.05) is 24.4 Å². The molecule has 6 heteroatoms. The van der Waals surface area contributed by atoms with Gasteiger partial charge >= 0.3 is 0 Å². The van der Waals surface area contributed by atoms with Crippen molar-refractivity contribution in [2.75, 3.05) is 19.4 Å². The van der Waals surface area contributed by atoms with Crippen molar-refractivity contribution >= 4 is 29.1 Å². The number of benzene rings is 2. The molecule has 0 bridgehead atoms. The topological polar surface area (TPSA) is 61.4 Å². The number of aryl methyl sites for hydroxylation is 1. The summed E-state index contributed by atoms with van der Waals surface area (Å²) in [5.74, 6) is -0.276. The molecule has 2 N–H and O–H groups in total. The van der Waals surface area contributed by atoms with Crippen molar-refractivity contribution in [1.29, 1.82) is 0 Å². The van der Waals surface area contributed by atoms with Gasteiger partial charge in [-0.2, -0.15) is 0 Å². The lowest BCUT2D eigenvalue weighted by molar-refractivity contribution is -0.125. The second-order valence-corrected chi connectivity index (χ2v) is 9.56. The predicted octanol–water partition coefficient (Wildman–Crippen LogP) is 4.97. The van der Waals surface area contributed by atoms with Gasteiger partial charge in [0.05, 0.1) is 10.7 Å². The highest BCUT2D eigenvalue weighted by Gasteiger charge is 2.37. The summed E-state index contributed by atoms with van der Waals surface area (Å²) >= 11 is 6.07. The first-order valence-corrected chi connectivity index (χ1v) is 11.7. The van der Waals surface area contributed by atoms with E-state index in [2.05, 4.69) is 60.8 Å². The van der Waals surface area contributed by atoms with E-state index in [4.69, 9.17) is 11.6 Å². The zero-order chi connectivity index (χ0) is 23.1. The first-order valence-electron chi connectivity index (χ1n) is 11.3. The number of rotatable bonds is 8. The van der Waals surface area contributed by atoms with Gasteiger partial charge in [0.1, 0.15) is 0 Å². The lowest BCUT2D eigenvalue weighted by atomic mass is 9.74. The number of likely N-dealkylation sites (N-methyl/N-ethyl adjacent to an activating group) is 1. The van der Waals surface area contributed by atoms with E-state index < -0.39 is 0 Å². The molecule has 32 heavy (non-hydrogen) atoms. The van der Waals surface area contributed by atoms with Gasteiger partial charge in [-0.05, 0) is 70.8 Å². The van der Waals surface area contributed by atoms with E-state index in [-0.39, 0.29) is 36.2 Å². The van der Waals surface area contributed by atoms with Gasteiger partial charge in [-0.25, -0.2) is 0 Å². The zero-order valence-corrected chi connectivity index (χ0v) is 20.0. The fraction of sp³-hybridized carbons (Fsp3) is 0.462. The fourth-order valence-corrected chi connectivity index (χ4v) is 4.65. The van der Waals surface area contributed by atoms with Gasteiger partial charge in [-0.15, -0.1) is 0 Å². The van der Waals surface area contributed by atoms with E-state index >= 15 is 0 Å². The molecule has 5 nitrogen and oxygen atoms in total. The van der Waals surface area contributed by atoms with E-state index in [9.17, 15) is 9.59 Å². The number of para-hydroxylation sites is 1. The lowest BCUT2D eigenvalue weighted by Crippen LogP contribution is -2.52. The van der Waals surface area contributed by atoms with Gasteiger partial charge in [0.2, 0.25) is 11.8 Å². The van der Waals surface area contributed by atoms with Crippen LogP contribution in [0.1, 0.15) is 49.7 Å². The standard InChI is InChI=1S/C26H34ClN3O2/c1-19-8-10-20(11-9-19)18-26(30(2)3)16-14-21(15-17-26)28-24(31)12-13-25(32)29-23-7-5-4-6-22(23)27/h4-11,21H,12-18H2,1-3H3,(H,28,31)(H,29,32). The van der Waals surface area contributed by atoms with Crippen molar-refractivity contribution in [3.8, 4) is 0 Å². The molecular formula is C26H34ClN3O2. The molecule has 0 atom stereocenters. The van der Waals surface area contributed by atoms with Crippen molar-refractivity contribution in [3.63, 3.8) is 0 Å². The quantitative estimate of drug-likeness (QED) is 0.590. The van der Waals surface area contributed by atoms with Crippen LogP contribution in [0.4, 0.5) is 5.69 Å². The summed E-state index contributed by atoms with van der Waals surface area (Å²) in [6.07, 6.45) is 5.29. The highest BCUT2D eigenvalue weighted by Crippen LogP contribution is 2.35. The number of nitrogens with one attached hydrogen (secondary N) is 2. The summed E-state index contributed by atoms with van der Waals surface area (Å²) < 4.78 is 0. The Morgan fingerprint density at radius 3 is 2.25 bits per heavy atom. The van der Waals surface area contributed by atoms with E-state index in [1.807, 2.05) is 6.07 Å². The molecule has 2 amide bonds. The van der Waals surface area contributed by atoms with Crippen LogP contribution in [-0.4, -0.2) is 42.4 Å². The van der Waals surface area contributed by atoms with Crippen molar-refractivity contribution in [2.24, 2.45) is 0 Å². The van der Waals surface area contributed by atoms with Crippen LogP contribution < -0.4 is 10.6 Å². The largest absolute Gasteiger partial charge is 0.353 e. The van der Waals surface area contributed by atoms with Gasteiger partial charge < -0.3 is 15.5 Å². The third kappa shape index (κ3) is 6.57. The number of amides is 2. The maximum Gasteiger partial charge on any atom is 0.224 e. The van der Waals surface area contributed by atoms with Crippen LogP contribution in [0.5, 0.6) is 0 Å². The molecule has 0 aromatic heterocycles. The number of carbonyl (C=O) groups excluding carboxylic acids is 2. The molecule has 2 aromatic rings. The summed E-state index contributed by atoms with van der Waals surface area (Å²) in [5, 5.41) is 6.39.